The highest BCUT2D eigenvalue weighted by Crippen LogP contribution is 2.13. The summed E-state index contributed by atoms with van der Waals surface area (Å²) in [5.74, 6) is 0. The Labute approximate surface area is 94.7 Å². The highest BCUT2D eigenvalue weighted by atomic mass is 32.2. The lowest BCUT2D eigenvalue weighted by atomic mass is 10.1. The smallest absolute Gasteiger partial charge is 0.175 e. The predicted octanol–water partition coefficient (Wildman–Crippen LogP) is 1.44. The molecule has 88 valence electrons. The molecule has 0 aromatic heterocycles. The lowest BCUT2D eigenvalue weighted by Crippen LogP contribution is -2.05. The topological polar surface area (TPSA) is 60.2 Å². The summed E-state index contributed by atoms with van der Waals surface area (Å²) in [7, 11) is -3.17. The van der Waals surface area contributed by atoms with Gasteiger partial charge in [0, 0.05) is 12.8 Å². The van der Waals surface area contributed by atoms with Crippen molar-refractivity contribution in [2.24, 2.45) is 5.73 Å². The molecule has 1 rings (SSSR count). The van der Waals surface area contributed by atoms with E-state index in [1.165, 1.54) is 12.1 Å². The van der Waals surface area contributed by atoms with E-state index in [9.17, 15) is 12.8 Å². The number of nitrogens with two attached hydrogens (primary N) is 1. The third-order valence-corrected chi connectivity index (χ3v) is 3.33. The van der Waals surface area contributed by atoms with Crippen LogP contribution in [0.3, 0.4) is 0 Å². The van der Waals surface area contributed by atoms with Crippen LogP contribution in [-0.2, 0) is 16.3 Å². The van der Waals surface area contributed by atoms with Gasteiger partial charge in [-0.1, -0.05) is 12.1 Å². The van der Waals surface area contributed by atoms with Gasteiger partial charge < -0.3 is 5.73 Å². The van der Waals surface area contributed by atoms with Crippen LogP contribution in [0.5, 0.6) is 0 Å². The second-order valence-corrected chi connectivity index (χ2v) is 5.58. The molecule has 0 spiro atoms. The average Bonchev–Trinajstić information content (AvgIpc) is 2.25. The Balaban J connectivity index is 2.88. The summed E-state index contributed by atoms with van der Waals surface area (Å²) >= 11 is 0. The SMILES string of the molecule is CS(=O)(=O)c1ccc(C/C(=C\F)CN)cc1. The molecule has 1 aromatic rings. The Morgan fingerprint density at radius 1 is 1.38 bits per heavy atom. The monoisotopic (exact) mass is 243 g/mol. The van der Waals surface area contributed by atoms with Crippen molar-refractivity contribution >= 4 is 9.84 Å². The molecule has 2 N–H and O–H groups in total. The summed E-state index contributed by atoms with van der Waals surface area (Å²) in [5, 5.41) is 0. The minimum Gasteiger partial charge on any atom is -0.327 e. The standard InChI is InChI=1S/C11H14FNO2S/c1-16(14,15)11-4-2-9(3-5-11)6-10(7-12)8-13/h2-5,7H,6,8,13H2,1H3/b10-7+. The Hall–Kier alpha value is -1.20. The first-order chi connectivity index (χ1) is 7.47. The summed E-state index contributed by atoms with van der Waals surface area (Å²) in [5.41, 5.74) is 6.64. The Kier molecular flexibility index (Phi) is 4.20. The summed E-state index contributed by atoms with van der Waals surface area (Å²) in [6, 6.07) is 6.35. The fourth-order valence-corrected chi connectivity index (χ4v) is 1.90. The van der Waals surface area contributed by atoms with Crippen LogP contribution in [0.15, 0.2) is 41.1 Å². The van der Waals surface area contributed by atoms with Crippen molar-refractivity contribution in [3.05, 3.63) is 41.7 Å². The van der Waals surface area contributed by atoms with Crippen LogP contribution in [0.1, 0.15) is 5.56 Å². The van der Waals surface area contributed by atoms with Crippen molar-refractivity contribution < 1.29 is 12.8 Å². The molecule has 0 saturated heterocycles. The van der Waals surface area contributed by atoms with E-state index in [2.05, 4.69) is 0 Å². The number of hydrogen-bond donors (Lipinski definition) is 1. The van der Waals surface area contributed by atoms with Gasteiger partial charge in [-0.25, -0.2) is 12.8 Å². The van der Waals surface area contributed by atoms with E-state index in [4.69, 9.17) is 5.73 Å². The molecule has 0 amide bonds. The Bertz CT molecular complexity index is 477. The summed E-state index contributed by atoms with van der Waals surface area (Å²) in [6.45, 7) is 0.157. The molecule has 3 nitrogen and oxygen atoms in total. The molecule has 16 heavy (non-hydrogen) atoms. The van der Waals surface area contributed by atoms with Gasteiger partial charge in [-0.3, -0.25) is 0 Å². The lowest BCUT2D eigenvalue weighted by Gasteiger charge is -2.04. The van der Waals surface area contributed by atoms with E-state index in [1.807, 2.05) is 0 Å². The average molecular weight is 243 g/mol. The third-order valence-electron chi connectivity index (χ3n) is 2.20. The maximum atomic E-state index is 12.3. The van der Waals surface area contributed by atoms with Crippen LogP contribution in [0, 0.1) is 0 Å². The molecular formula is C11H14FNO2S. The number of halogens is 1. The van der Waals surface area contributed by atoms with Crippen molar-refractivity contribution in [1.82, 2.24) is 0 Å². The lowest BCUT2D eigenvalue weighted by molar-refractivity contribution is 0.602. The van der Waals surface area contributed by atoms with Crippen LogP contribution >= 0.6 is 0 Å². The summed E-state index contributed by atoms with van der Waals surface area (Å²) < 4.78 is 34.6. The zero-order valence-electron chi connectivity index (χ0n) is 8.98. The molecule has 1 aromatic carbocycles. The quantitative estimate of drug-likeness (QED) is 0.870. The van der Waals surface area contributed by atoms with E-state index >= 15 is 0 Å². The maximum absolute atomic E-state index is 12.3. The first kappa shape index (κ1) is 12.9. The number of hydrogen-bond acceptors (Lipinski definition) is 3. The van der Waals surface area contributed by atoms with Crippen LogP contribution in [0.4, 0.5) is 4.39 Å². The van der Waals surface area contributed by atoms with E-state index in [0.717, 1.165) is 11.8 Å². The molecule has 5 heteroatoms. The Morgan fingerprint density at radius 3 is 2.31 bits per heavy atom. The first-order valence-corrected chi connectivity index (χ1v) is 6.63. The van der Waals surface area contributed by atoms with Gasteiger partial charge in [0.15, 0.2) is 9.84 Å². The molecule has 0 aliphatic carbocycles. The molecule has 0 fully saturated rings. The van der Waals surface area contributed by atoms with Crippen molar-refractivity contribution in [3.8, 4) is 0 Å². The second-order valence-electron chi connectivity index (χ2n) is 3.56. The molecule has 0 unspecified atom stereocenters. The highest BCUT2D eigenvalue weighted by molar-refractivity contribution is 7.90. The second kappa shape index (κ2) is 5.23. The van der Waals surface area contributed by atoms with Crippen molar-refractivity contribution in [2.45, 2.75) is 11.3 Å². The van der Waals surface area contributed by atoms with Gasteiger partial charge in [0.2, 0.25) is 0 Å². The normalized spacial score (nSPS) is 12.8. The highest BCUT2D eigenvalue weighted by Gasteiger charge is 2.06. The van der Waals surface area contributed by atoms with E-state index < -0.39 is 9.84 Å². The minimum absolute atomic E-state index is 0.157. The van der Waals surface area contributed by atoms with Gasteiger partial charge in [0.05, 0.1) is 11.2 Å². The molecule has 0 heterocycles. The zero-order valence-corrected chi connectivity index (χ0v) is 9.80. The van der Waals surface area contributed by atoms with Crippen LogP contribution in [0.25, 0.3) is 0 Å². The maximum Gasteiger partial charge on any atom is 0.175 e. The molecule has 0 bridgehead atoms. The van der Waals surface area contributed by atoms with Crippen molar-refractivity contribution in [1.29, 1.82) is 0 Å². The molecule has 0 aliphatic rings. The number of rotatable bonds is 4. The van der Waals surface area contributed by atoms with Gasteiger partial charge >= 0.3 is 0 Å². The molecule has 0 aliphatic heterocycles. The predicted molar refractivity (Wildman–Crippen MR) is 61.5 cm³/mol. The fourth-order valence-electron chi connectivity index (χ4n) is 1.27. The van der Waals surface area contributed by atoms with Gasteiger partial charge in [0.1, 0.15) is 0 Å². The Morgan fingerprint density at radius 2 is 1.94 bits per heavy atom. The van der Waals surface area contributed by atoms with Crippen molar-refractivity contribution in [3.63, 3.8) is 0 Å². The van der Waals surface area contributed by atoms with Crippen LogP contribution in [-0.4, -0.2) is 21.2 Å². The third kappa shape index (κ3) is 3.43. The van der Waals surface area contributed by atoms with E-state index in [-0.39, 0.29) is 11.4 Å². The van der Waals surface area contributed by atoms with E-state index in [1.54, 1.807) is 12.1 Å². The van der Waals surface area contributed by atoms with E-state index in [0.29, 0.717) is 18.3 Å². The first-order valence-electron chi connectivity index (χ1n) is 4.74. The minimum atomic E-state index is -3.17. The van der Waals surface area contributed by atoms with Gasteiger partial charge in [0.25, 0.3) is 0 Å². The molecule has 0 saturated carbocycles. The fraction of sp³-hybridized carbons (Fsp3) is 0.273. The number of sulfone groups is 1. The van der Waals surface area contributed by atoms with Crippen LogP contribution in [0.2, 0.25) is 0 Å². The van der Waals surface area contributed by atoms with Gasteiger partial charge in [-0.2, -0.15) is 0 Å². The largest absolute Gasteiger partial charge is 0.327 e. The zero-order chi connectivity index (χ0) is 12.2. The van der Waals surface area contributed by atoms with Gasteiger partial charge in [-0.15, -0.1) is 0 Å². The molecule has 0 radical (unpaired) electrons. The number of benzene rings is 1. The summed E-state index contributed by atoms with van der Waals surface area (Å²) in [4.78, 5) is 0.259. The van der Waals surface area contributed by atoms with Crippen molar-refractivity contribution in [2.75, 3.05) is 12.8 Å². The molecular weight excluding hydrogens is 229 g/mol. The summed E-state index contributed by atoms with van der Waals surface area (Å²) in [6.07, 6.45) is 2.04. The van der Waals surface area contributed by atoms with Crippen LogP contribution < -0.4 is 5.73 Å². The molecule has 0 atom stereocenters. The van der Waals surface area contributed by atoms with Gasteiger partial charge in [-0.05, 0) is 29.7 Å².